The second kappa shape index (κ2) is 4.13. The lowest BCUT2D eigenvalue weighted by Gasteiger charge is -1.97. The molecule has 5 nitrogen and oxygen atoms in total. The Morgan fingerprint density at radius 2 is 1.94 bits per heavy atom. The molecule has 18 heavy (non-hydrogen) atoms. The number of H-pyrrole nitrogens is 1. The fraction of sp³-hybridized carbons (Fsp3) is 0.100. The van der Waals surface area contributed by atoms with Crippen LogP contribution in [0.25, 0.3) is 10.9 Å². The van der Waals surface area contributed by atoms with E-state index >= 15 is 0 Å². The number of aromatic hydroxyl groups is 1. The van der Waals surface area contributed by atoms with Gasteiger partial charge in [0.2, 0.25) is 5.88 Å². The summed E-state index contributed by atoms with van der Waals surface area (Å²) in [6.07, 6.45) is -5.08. The predicted molar refractivity (Wildman–Crippen MR) is 55.5 cm³/mol. The Kier molecular flexibility index (Phi) is 2.77. The maximum Gasteiger partial charge on any atom is 0.475 e. The summed E-state index contributed by atoms with van der Waals surface area (Å²) in [5.74, 6) is -2.78. The van der Waals surface area contributed by atoms with Crippen molar-refractivity contribution in [1.29, 1.82) is 0 Å². The minimum absolute atomic E-state index is 0.205. The lowest BCUT2D eigenvalue weighted by Crippen LogP contribution is -2.19. The first kappa shape index (κ1) is 12.1. The standard InChI is InChI=1S/C10H6F3N3O2/c11-10(12,13)9(18)16-15-7-5-3-1-2-4-6(5)14-8(7)17/h1-4,14,17H/b16-15+. The molecule has 0 radical (unpaired) electrons. The van der Waals surface area contributed by atoms with E-state index in [1.54, 1.807) is 18.2 Å². The van der Waals surface area contributed by atoms with Crippen LogP contribution in [0.15, 0.2) is 34.5 Å². The van der Waals surface area contributed by atoms with Gasteiger partial charge in [0.15, 0.2) is 5.69 Å². The van der Waals surface area contributed by atoms with E-state index in [1.165, 1.54) is 6.07 Å². The number of fused-ring (bicyclic) bond motifs is 1. The van der Waals surface area contributed by atoms with Gasteiger partial charge in [0, 0.05) is 5.39 Å². The lowest BCUT2D eigenvalue weighted by molar-refractivity contribution is -0.170. The van der Waals surface area contributed by atoms with Crippen LogP contribution < -0.4 is 0 Å². The Labute approximate surface area is 98.0 Å². The van der Waals surface area contributed by atoms with E-state index in [1.807, 2.05) is 0 Å². The van der Waals surface area contributed by atoms with E-state index in [0.29, 0.717) is 10.9 Å². The van der Waals surface area contributed by atoms with Crippen molar-refractivity contribution in [2.45, 2.75) is 6.18 Å². The van der Waals surface area contributed by atoms with Gasteiger partial charge in [-0.05, 0) is 6.07 Å². The van der Waals surface area contributed by atoms with Crippen LogP contribution in [0.1, 0.15) is 0 Å². The molecule has 0 bridgehead atoms. The Morgan fingerprint density at radius 1 is 1.28 bits per heavy atom. The summed E-state index contributed by atoms with van der Waals surface area (Å²) in [5.41, 5.74) is 0.270. The van der Waals surface area contributed by atoms with Gasteiger partial charge in [0.1, 0.15) is 0 Å². The van der Waals surface area contributed by atoms with Crippen LogP contribution in [0.2, 0.25) is 0 Å². The molecule has 1 amide bonds. The van der Waals surface area contributed by atoms with Crippen molar-refractivity contribution in [2.75, 3.05) is 0 Å². The van der Waals surface area contributed by atoms with Crippen molar-refractivity contribution in [3.8, 4) is 5.88 Å². The van der Waals surface area contributed by atoms with Crippen molar-refractivity contribution >= 4 is 22.5 Å². The molecule has 1 heterocycles. The number of nitrogens with one attached hydrogen (secondary N) is 1. The summed E-state index contributed by atoms with van der Waals surface area (Å²) in [6, 6.07) is 6.40. The summed E-state index contributed by atoms with van der Waals surface area (Å²) in [5, 5.41) is 15.5. The number of nitrogens with zero attached hydrogens (tertiary/aromatic N) is 2. The highest BCUT2D eigenvalue weighted by Gasteiger charge is 2.39. The van der Waals surface area contributed by atoms with Gasteiger partial charge in [0.05, 0.1) is 5.52 Å². The Balaban J connectivity index is 2.41. The highest BCUT2D eigenvalue weighted by atomic mass is 19.4. The number of halogens is 3. The van der Waals surface area contributed by atoms with Gasteiger partial charge >= 0.3 is 12.1 Å². The largest absolute Gasteiger partial charge is 0.493 e. The van der Waals surface area contributed by atoms with E-state index in [4.69, 9.17) is 0 Å². The van der Waals surface area contributed by atoms with Gasteiger partial charge in [-0.2, -0.15) is 13.2 Å². The van der Waals surface area contributed by atoms with Crippen LogP contribution in [0.4, 0.5) is 18.9 Å². The number of aromatic nitrogens is 1. The Hall–Kier alpha value is -2.38. The van der Waals surface area contributed by atoms with E-state index in [2.05, 4.69) is 15.2 Å². The molecular formula is C10H6F3N3O2. The normalized spacial score (nSPS) is 12.4. The number of aromatic amines is 1. The lowest BCUT2D eigenvalue weighted by atomic mass is 10.2. The van der Waals surface area contributed by atoms with Gasteiger partial charge in [-0.15, -0.1) is 10.2 Å². The summed E-state index contributed by atoms with van der Waals surface area (Å²) in [6.45, 7) is 0. The predicted octanol–water partition coefficient (Wildman–Crippen LogP) is 3.05. The number of benzene rings is 1. The van der Waals surface area contributed by atoms with Gasteiger partial charge in [-0.3, -0.25) is 4.79 Å². The zero-order valence-corrected chi connectivity index (χ0v) is 8.69. The summed E-state index contributed by atoms with van der Waals surface area (Å²) in [7, 11) is 0. The van der Waals surface area contributed by atoms with Crippen LogP contribution in [-0.2, 0) is 4.79 Å². The number of para-hydroxylation sites is 1. The number of rotatable bonds is 1. The van der Waals surface area contributed by atoms with Crippen molar-refractivity contribution in [1.82, 2.24) is 4.98 Å². The first-order valence-corrected chi connectivity index (χ1v) is 4.72. The van der Waals surface area contributed by atoms with Gasteiger partial charge in [-0.25, -0.2) is 0 Å². The maximum atomic E-state index is 11.9. The zero-order chi connectivity index (χ0) is 13.3. The number of amides is 1. The fourth-order valence-electron chi connectivity index (χ4n) is 1.37. The number of hydrogen-bond acceptors (Lipinski definition) is 3. The first-order valence-electron chi connectivity index (χ1n) is 4.72. The molecule has 1 aromatic carbocycles. The average molecular weight is 257 g/mol. The highest BCUT2D eigenvalue weighted by molar-refractivity contribution is 5.94. The van der Waals surface area contributed by atoms with Gasteiger partial charge < -0.3 is 10.1 Å². The average Bonchev–Trinajstić information content (AvgIpc) is 2.60. The van der Waals surface area contributed by atoms with E-state index < -0.39 is 18.0 Å². The number of azo groups is 1. The number of hydrogen-bond donors (Lipinski definition) is 2. The third-order valence-corrected chi connectivity index (χ3v) is 2.14. The molecule has 8 heteroatoms. The molecule has 2 rings (SSSR count). The second-order valence-corrected chi connectivity index (χ2v) is 3.37. The second-order valence-electron chi connectivity index (χ2n) is 3.37. The molecule has 0 unspecified atom stereocenters. The first-order chi connectivity index (χ1) is 8.39. The van der Waals surface area contributed by atoms with Crippen molar-refractivity contribution in [2.24, 2.45) is 10.2 Å². The zero-order valence-electron chi connectivity index (χ0n) is 8.69. The number of carbonyl (C=O) groups is 1. The fourth-order valence-corrected chi connectivity index (χ4v) is 1.37. The maximum absolute atomic E-state index is 11.9. The quantitative estimate of drug-likeness (QED) is 0.770. The molecule has 0 saturated carbocycles. The summed E-state index contributed by atoms with van der Waals surface area (Å²) in [4.78, 5) is 13.0. The highest BCUT2D eigenvalue weighted by Crippen LogP contribution is 2.35. The van der Waals surface area contributed by atoms with Crippen LogP contribution in [0, 0.1) is 0 Å². The molecule has 0 fully saturated rings. The molecule has 0 spiro atoms. The molecule has 94 valence electrons. The van der Waals surface area contributed by atoms with Crippen LogP contribution in [-0.4, -0.2) is 22.2 Å². The smallest absolute Gasteiger partial charge is 0.475 e. The van der Waals surface area contributed by atoms with Crippen LogP contribution >= 0.6 is 0 Å². The molecule has 0 aliphatic rings. The summed E-state index contributed by atoms with van der Waals surface area (Å²) >= 11 is 0. The number of carbonyl (C=O) groups excluding carboxylic acids is 1. The molecule has 2 aromatic rings. The van der Waals surface area contributed by atoms with Gasteiger partial charge in [0.25, 0.3) is 0 Å². The molecule has 0 aliphatic heterocycles. The minimum Gasteiger partial charge on any atom is -0.493 e. The van der Waals surface area contributed by atoms with Crippen LogP contribution in [0.3, 0.4) is 0 Å². The monoisotopic (exact) mass is 257 g/mol. The Bertz CT molecular complexity index is 631. The number of alkyl halides is 3. The molecule has 1 aromatic heterocycles. The van der Waals surface area contributed by atoms with Crippen molar-refractivity contribution in [3.63, 3.8) is 0 Å². The van der Waals surface area contributed by atoms with Crippen LogP contribution in [0.5, 0.6) is 5.88 Å². The molecule has 2 N–H and O–H groups in total. The summed E-state index contributed by atoms with van der Waals surface area (Å²) < 4.78 is 35.8. The Morgan fingerprint density at radius 3 is 2.61 bits per heavy atom. The van der Waals surface area contributed by atoms with Crippen molar-refractivity contribution in [3.05, 3.63) is 24.3 Å². The van der Waals surface area contributed by atoms with E-state index in [9.17, 15) is 23.1 Å². The molecule has 0 saturated heterocycles. The van der Waals surface area contributed by atoms with E-state index in [0.717, 1.165) is 0 Å². The molecular weight excluding hydrogens is 251 g/mol. The topological polar surface area (TPSA) is 77.8 Å². The minimum atomic E-state index is -5.08. The van der Waals surface area contributed by atoms with Crippen molar-refractivity contribution < 1.29 is 23.1 Å². The van der Waals surface area contributed by atoms with E-state index in [-0.39, 0.29) is 5.69 Å². The van der Waals surface area contributed by atoms with Gasteiger partial charge in [-0.1, -0.05) is 18.2 Å². The molecule has 0 aliphatic carbocycles. The third kappa shape index (κ3) is 2.17. The molecule has 0 atom stereocenters. The third-order valence-electron chi connectivity index (χ3n) is 2.14. The SMILES string of the molecule is O=C(/N=N/c1c(O)[nH]c2ccccc12)C(F)(F)F.